The fourth-order valence-electron chi connectivity index (χ4n) is 1.94. The fourth-order valence-corrected chi connectivity index (χ4v) is 1.94. The summed E-state index contributed by atoms with van der Waals surface area (Å²) in [6, 6.07) is 1.92. The summed E-state index contributed by atoms with van der Waals surface area (Å²) in [5.41, 5.74) is 0. The summed E-state index contributed by atoms with van der Waals surface area (Å²) in [5.74, 6) is 0.872. The molecule has 0 bridgehead atoms. The molecule has 1 rings (SSSR count). The van der Waals surface area contributed by atoms with Crippen molar-refractivity contribution in [2.24, 2.45) is 11.8 Å². The molecule has 0 saturated heterocycles. The summed E-state index contributed by atoms with van der Waals surface area (Å²) in [6.45, 7) is 2.33. The molecule has 0 aromatic heterocycles. The van der Waals surface area contributed by atoms with Crippen LogP contribution in [-0.2, 0) is 4.79 Å². The van der Waals surface area contributed by atoms with Gasteiger partial charge in [0, 0.05) is 5.92 Å². The van der Waals surface area contributed by atoms with E-state index < -0.39 is 0 Å². The van der Waals surface area contributed by atoms with Gasteiger partial charge in [-0.2, -0.15) is 5.26 Å². The molecular weight excluding hydrogens is 164 g/mol. The largest absolute Gasteiger partial charge is 0.343 e. The third-order valence-corrected chi connectivity index (χ3v) is 2.65. The third kappa shape index (κ3) is 3.06. The highest BCUT2D eigenvalue weighted by atomic mass is 16.1. The maximum absolute atomic E-state index is 11.4. The van der Waals surface area contributed by atoms with Gasteiger partial charge < -0.3 is 5.32 Å². The molecule has 0 aromatic rings. The number of rotatable bonds is 2. The van der Waals surface area contributed by atoms with Gasteiger partial charge in [-0.15, -0.1) is 0 Å². The predicted octanol–water partition coefficient (Wildman–Crippen LogP) is 1.45. The Labute approximate surface area is 79.1 Å². The molecule has 1 saturated carbocycles. The second-order valence-electron chi connectivity index (χ2n) is 3.84. The highest BCUT2D eigenvalue weighted by molar-refractivity contribution is 5.78. The van der Waals surface area contributed by atoms with Gasteiger partial charge in [-0.1, -0.05) is 19.8 Å². The van der Waals surface area contributed by atoms with E-state index in [-0.39, 0.29) is 18.4 Å². The third-order valence-electron chi connectivity index (χ3n) is 2.65. The monoisotopic (exact) mass is 180 g/mol. The van der Waals surface area contributed by atoms with Crippen LogP contribution in [0.2, 0.25) is 0 Å². The van der Waals surface area contributed by atoms with E-state index in [1.165, 1.54) is 6.42 Å². The summed E-state index contributed by atoms with van der Waals surface area (Å²) in [5, 5.41) is 10.9. The minimum absolute atomic E-state index is 0.0631. The van der Waals surface area contributed by atoms with Crippen LogP contribution in [0, 0.1) is 23.2 Å². The maximum Gasteiger partial charge on any atom is 0.223 e. The molecule has 0 spiro atoms. The van der Waals surface area contributed by atoms with Crippen LogP contribution in [-0.4, -0.2) is 12.5 Å². The van der Waals surface area contributed by atoms with Crippen molar-refractivity contribution in [3.63, 3.8) is 0 Å². The van der Waals surface area contributed by atoms with Gasteiger partial charge in [0.05, 0.1) is 6.07 Å². The molecule has 3 nitrogen and oxygen atoms in total. The minimum Gasteiger partial charge on any atom is -0.343 e. The highest BCUT2D eigenvalue weighted by Gasteiger charge is 2.24. The Morgan fingerprint density at radius 1 is 1.62 bits per heavy atom. The molecule has 0 aromatic carbocycles. The van der Waals surface area contributed by atoms with Gasteiger partial charge in [0.15, 0.2) is 0 Å². The van der Waals surface area contributed by atoms with Gasteiger partial charge in [0.2, 0.25) is 5.91 Å². The van der Waals surface area contributed by atoms with Crippen LogP contribution in [0.1, 0.15) is 32.6 Å². The van der Waals surface area contributed by atoms with Crippen molar-refractivity contribution < 1.29 is 4.79 Å². The SMILES string of the molecule is CC1CCCC(C(=O)NCC#N)C1. The molecule has 72 valence electrons. The van der Waals surface area contributed by atoms with Crippen LogP contribution in [0.15, 0.2) is 0 Å². The lowest BCUT2D eigenvalue weighted by Gasteiger charge is -2.25. The Hall–Kier alpha value is -1.04. The van der Waals surface area contributed by atoms with Crippen molar-refractivity contribution in [3.05, 3.63) is 0 Å². The van der Waals surface area contributed by atoms with E-state index in [1.54, 1.807) is 0 Å². The van der Waals surface area contributed by atoms with Crippen LogP contribution in [0.4, 0.5) is 0 Å². The summed E-state index contributed by atoms with van der Waals surface area (Å²) >= 11 is 0. The molecule has 1 amide bonds. The van der Waals surface area contributed by atoms with E-state index in [1.807, 2.05) is 6.07 Å². The quantitative estimate of drug-likeness (QED) is 0.654. The van der Waals surface area contributed by atoms with Gasteiger partial charge >= 0.3 is 0 Å². The first-order chi connectivity index (χ1) is 6.24. The maximum atomic E-state index is 11.4. The smallest absolute Gasteiger partial charge is 0.223 e. The average Bonchev–Trinajstić information content (AvgIpc) is 2.14. The van der Waals surface area contributed by atoms with Gasteiger partial charge in [-0.3, -0.25) is 4.79 Å². The molecule has 0 heterocycles. The van der Waals surface area contributed by atoms with E-state index in [9.17, 15) is 4.79 Å². The molecule has 2 atom stereocenters. The Morgan fingerprint density at radius 3 is 3.00 bits per heavy atom. The number of hydrogen-bond donors (Lipinski definition) is 1. The molecule has 0 radical (unpaired) electrons. The van der Waals surface area contributed by atoms with Crippen LogP contribution in [0.3, 0.4) is 0 Å². The zero-order valence-electron chi connectivity index (χ0n) is 8.05. The fraction of sp³-hybridized carbons (Fsp3) is 0.800. The summed E-state index contributed by atoms with van der Waals surface area (Å²) in [6.07, 6.45) is 4.35. The van der Waals surface area contributed by atoms with Crippen molar-refractivity contribution in [3.8, 4) is 6.07 Å². The molecule has 2 unspecified atom stereocenters. The Balaban J connectivity index is 2.33. The Morgan fingerprint density at radius 2 is 2.38 bits per heavy atom. The summed E-state index contributed by atoms with van der Waals surface area (Å²) in [7, 11) is 0. The van der Waals surface area contributed by atoms with E-state index in [0.717, 1.165) is 19.3 Å². The number of carbonyl (C=O) groups is 1. The number of hydrogen-bond acceptors (Lipinski definition) is 2. The number of nitrogens with one attached hydrogen (secondary N) is 1. The number of nitriles is 1. The predicted molar refractivity (Wildman–Crippen MR) is 49.7 cm³/mol. The van der Waals surface area contributed by atoms with Crippen molar-refractivity contribution in [1.29, 1.82) is 5.26 Å². The topological polar surface area (TPSA) is 52.9 Å². The van der Waals surface area contributed by atoms with Gasteiger partial charge in [0.1, 0.15) is 6.54 Å². The normalized spacial score (nSPS) is 27.7. The van der Waals surface area contributed by atoms with Crippen LogP contribution >= 0.6 is 0 Å². The van der Waals surface area contributed by atoms with E-state index in [2.05, 4.69) is 12.2 Å². The lowest BCUT2D eigenvalue weighted by atomic mass is 9.82. The summed E-state index contributed by atoms with van der Waals surface area (Å²) in [4.78, 5) is 11.4. The second kappa shape index (κ2) is 4.86. The first-order valence-corrected chi connectivity index (χ1v) is 4.88. The van der Waals surface area contributed by atoms with Crippen LogP contribution in [0.5, 0.6) is 0 Å². The van der Waals surface area contributed by atoms with Crippen molar-refractivity contribution in [2.45, 2.75) is 32.6 Å². The molecular formula is C10H16N2O. The van der Waals surface area contributed by atoms with Gasteiger partial charge in [0.25, 0.3) is 0 Å². The zero-order chi connectivity index (χ0) is 9.68. The Kier molecular flexibility index (Phi) is 3.75. The summed E-state index contributed by atoms with van der Waals surface area (Å²) < 4.78 is 0. The van der Waals surface area contributed by atoms with E-state index in [4.69, 9.17) is 5.26 Å². The lowest BCUT2D eigenvalue weighted by molar-refractivity contribution is -0.126. The van der Waals surface area contributed by atoms with Gasteiger partial charge in [-0.05, 0) is 18.8 Å². The van der Waals surface area contributed by atoms with Crippen LogP contribution < -0.4 is 5.32 Å². The number of nitrogens with zero attached hydrogens (tertiary/aromatic N) is 1. The molecule has 1 aliphatic carbocycles. The molecule has 0 aliphatic heterocycles. The van der Waals surface area contributed by atoms with Crippen LogP contribution in [0.25, 0.3) is 0 Å². The standard InChI is InChI=1S/C10H16N2O/c1-8-3-2-4-9(7-8)10(13)12-6-5-11/h8-9H,2-4,6-7H2,1H3,(H,12,13). The minimum atomic E-state index is 0.0631. The molecule has 1 aliphatic rings. The lowest BCUT2D eigenvalue weighted by Crippen LogP contribution is -2.33. The van der Waals surface area contributed by atoms with Crippen molar-refractivity contribution in [2.75, 3.05) is 6.54 Å². The first kappa shape index (κ1) is 10.0. The average molecular weight is 180 g/mol. The highest BCUT2D eigenvalue weighted by Crippen LogP contribution is 2.28. The first-order valence-electron chi connectivity index (χ1n) is 4.88. The molecule has 1 N–H and O–H groups in total. The van der Waals surface area contributed by atoms with Crippen molar-refractivity contribution in [1.82, 2.24) is 5.32 Å². The number of carbonyl (C=O) groups excluding carboxylic acids is 1. The molecule has 3 heteroatoms. The van der Waals surface area contributed by atoms with E-state index >= 15 is 0 Å². The second-order valence-corrected chi connectivity index (χ2v) is 3.84. The Bertz CT molecular complexity index is 219. The van der Waals surface area contributed by atoms with Crippen molar-refractivity contribution >= 4 is 5.91 Å². The zero-order valence-corrected chi connectivity index (χ0v) is 8.05. The number of amides is 1. The molecule has 1 fully saturated rings. The van der Waals surface area contributed by atoms with E-state index in [0.29, 0.717) is 5.92 Å². The molecule has 13 heavy (non-hydrogen) atoms. The van der Waals surface area contributed by atoms with Gasteiger partial charge in [-0.25, -0.2) is 0 Å².